The van der Waals surface area contributed by atoms with E-state index in [9.17, 15) is 5.11 Å². The average Bonchev–Trinajstić information content (AvgIpc) is 3.15. The Hall–Kier alpha value is -2.35. The summed E-state index contributed by atoms with van der Waals surface area (Å²) in [6, 6.07) is 8.01. The molecule has 128 valence electrons. The quantitative estimate of drug-likeness (QED) is 0.610. The van der Waals surface area contributed by atoms with Crippen LogP contribution in [0.25, 0.3) is 32.5 Å². The number of methoxy groups -OCH3 is 1. The highest BCUT2D eigenvalue weighted by atomic mass is 32.1. The minimum absolute atomic E-state index is 0.244. The molecular weight excluding hydrogens is 336 g/mol. The van der Waals surface area contributed by atoms with E-state index in [1.807, 2.05) is 37.5 Å². The monoisotopic (exact) mass is 354 g/mol. The average molecular weight is 354 g/mol. The Kier molecular flexibility index (Phi) is 3.79. The van der Waals surface area contributed by atoms with Crippen molar-refractivity contribution in [2.45, 2.75) is 12.5 Å². The topological polar surface area (TPSA) is 73.1 Å². The molecular formula is C18H18N4O2S. The second kappa shape index (κ2) is 5.87. The lowest BCUT2D eigenvalue weighted by Gasteiger charge is -2.20. The van der Waals surface area contributed by atoms with Crippen molar-refractivity contribution in [3.63, 3.8) is 0 Å². The molecule has 0 radical (unpaired) electrons. The Balaban J connectivity index is 1.77. The Morgan fingerprint density at radius 2 is 2.12 bits per heavy atom. The van der Waals surface area contributed by atoms with Gasteiger partial charge in [-0.2, -0.15) is 5.10 Å². The third kappa shape index (κ3) is 2.90. The number of pyridine rings is 2. The zero-order valence-corrected chi connectivity index (χ0v) is 15.0. The lowest BCUT2D eigenvalue weighted by atomic mass is 10.1. The molecule has 0 aromatic carbocycles. The highest BCUT2D eigenvalue weighted by Crippen LogP contribution is 2.34. The van der Waals surface area contributed by atoms with Crippen molar-refractivity contribution < 1.29 is 9.84 Å². The summed E-state index contributed by atoms with van der Waals surface area (Å²) in [5.74, 6) is 0. The van der Waals surface area contributed by atoms with Crippen LogP contribution in [0.2, 0.25) is 0 Å². The molecule has 25 heavy (non-hydrogen) atoms. The number of ether oxygens (including phenoxy) is 1. The van der Waals surface area contributed by atoms with Gasteiger partial charge in [0.1, 0.15) is 10.4 Å². The van der Waals surface area contributed by atoms with E-state index >= 15 is 0 Å². The second-order valence-corrected chi connectivity index (χ2v) is 7.38. The fraction of sp³-hybridized carbons (Fsp3) is 0.278. The first-order valence-electron chi connectivity index (χ1n) is 7.88. The van der Waals surface area contributed by atoms with E-state index in [0.717, 1.165) is 37.4 Å². The lowest BCUT2D eigenvalue weighted by Crippen LogP contribution is -2.25. The van der Waals surface area contributed by atoms with Crippen LogP contribution in [-0.2, 0) is 17.4 Å². The van der Waals surface area contributed by atoms with Gasteiger partial charge in [-0.25, -0.2) is 9.97 Å². The molecule has 0 bridgehead atoms. The van der Waals surface area contributed by atoms with Gasteiger partial charge >= 0.3 is 0 Å². The predicted octanol–water partition coefficient (Wildman–Crippen LogP) is 3.10. The molecule has 4 aromatic rings. The van der Waals surface area contributed by atoms with E-state index < -0.39 is 5.60 Å². The highest BCUT2D eigenvalue weighted by Gasteiger charge is 2.25. The largest absolute Gasteiger partial charge is 0.382 e. The van der Waals surface area contributed by atoms with Crippen LogP contribution in [0, 0.1) is 0 Å². The fourth-order valence-corrected chi connectivity index (χ4v) is 3.93. The Labute approximate surface area is 148 Å². The van der Waals surface area contributed by atoms with Gasteiger partial charge in [0.25, 0.3) is 0 Å². The van der Waals surface area contributed by atoms with Gasteiger partial charge in [-0.3, -0.25) is 4.68 Å². The summed E-state index contributed by atoms with van der Waals surface area (Å²) in [5.41, 5.74) is 1.50. The van der Waals surface area contributed by atoms with E-state index in [1.165, 1.54) is 11.3 Å². The number of aromatic nitrogens is 4. The van der Waals surface area contributed by atoms with Crippen LogP contribution < -0.4 is 0 Å². The maximum atomic E-state index is 10.5. The maximum absolute atomic E-state index is 10.5. The summed E-state index contributed by atoms with van der Waals surface area (Å²) in [5, 5.41) is 16.8. The Morgan fingerprint density at radius 1 is 1.28 bits per heavy atom. The van der Waals surface area contributed by atoms with Gasteiger partial charge in [-0.15, -0.1) is 11.3 Å². The van der Waals surface area contributed by atoms with Gasteiger partial charge in [0.15, 0.2) is 5.65 Å². The smallest absolute Gasteiger partial charge is 0.181 e. The van der Waals surface area contributed by atoms with E-state index in [-0.39, 0.29) is 6.61 Å². The SMILES string of the molecule is COC[C@@](C)(O)c1cc2ccc(-c3cnc4nn(C)cc4c3)nc2s1. The van der Waals surface area contributed by atoms with Crippen molar-refractivity contribution in [1.82, 2.24) is 19.7 Å². The van der Waals surface area contributed by atoms with Gasteiger partial charge in [0, 0.05) is 47.8 Å². The molecule has 1 atom stereocenters. The number of hydrogen-bond acceptors (Lipinski definition) is 6. The number of rotatable bonds is 4. The van der Waals surface area contributed by atoms with Crippen molar-refractivity contribution >= 4 is 32.6 Å². The third-order valence-electron chi connectivity index (χ3n) is 4.11. The first-order chi connectivity index (χ1) is 12.0. The predicted molar refractivity (Wildman–Crippen MR) is 98.6 cm³/mol. The van der Waals surface area contributed by atoms with Crippen molar-refractivity contribution in [1.29, 1.82) is 0 Å². The van der Waals surface area contributed by atoms with Crippen molar-refractivity contribution in [3.8, 4) is 11.3 Å². The van der Waals surface area contributed by atoms with Gasteiger partial charge in [-0.05, 0) is 31.2 Å². The van der Waals surface area contributed by atoms with Crippen LogP contribution in [0.3, 0.4) is 0 Å². The number of fused-ring (bicyclic) bond motifs is 2. The van der Waals surface area contributed by atoms with Crippen LogP contribution in [0.15, 0.2) is 36.7 Å². The van der Waals surface area contributed by atoms with Crippen LogP contribution in [0.4, 0.5) is 0 Å². The molecule has 4 aromatic heterocycles. The third-order valence-corrected chi connectivity index (χ3v) is 5.41. The molecule has 0 saturated heterocycles. The van der Waals surface area contributed by atoms with Gasteiger partial charge in [0.05, 0.1) is 12.3 Å². The summed E-state index contributed by atoms with van der Waals surface area (Å²) >= 11 is 1.48. The lowest BCUT2D eigenvalue weighted by molar-refractivity contribution is -0.0180. The molecule has 1 N–H and O–H groups in total. The van der Waals surface area contributed by atoms with Gasteiger partial charge < -0.3 is 9.84 Å². The summed E-state index contributed by atoms with van der Waals surface area (Å²) in [6.07, 6.45) is 3.73. The summed E-state index contributed by atoms with van der Waals surface area (Å²) in [6.45, 7) is 2.00. The van der Waals surface area contributed by atoms with Crippen molar-refractivity contribution in [2.24, 2.45) is 7.05 Å². The Morgan fingerprint density at radius 3 is 2.92 bits per heavy atom. The molecule has 7 heteroatoms. The zero-order chi connectivity index (χ0) is 17.6. The molecule has 0 spiro atoms. The molecule has 6 nitrogen and oxygen atoms in total. The van der Waals surface area contributed by atoms with Crippen LogP contribution >= 0.6 is 11.3 Å². The fourth-order valence-electron chi connectivity index (χ4n) is 2.87. The zero-order valence-electron chi connectivity index (χ0n) is 14.2. The molecule has 4 heterocycles. The summed E-state index contributed by atoms with van der Waals surface area (Å²) < 4.78 is 6.86. The summed E-state index contributed by atoms with van der Waals surface area (Å²) in [7, 11) is 3.46. The number of nitrogens with zero attached hydrogens (tertiary/aromatic N) is 4. The molecule has 0 aliphatic carbocycles. The van der Waals surface area contributed by atoms with E-state index in [1.54, 1.807) is 24.9 Å². The number of aryl methyl sites for hydroxylation is 1. The van der Waals surface area contributed by atoms with E-state index in [4.69, 9.17) is 9.72 Å². The van der Waals surface area contributed by atoms with E-state index in [2.05, 4.69) is 10.1 Å². The summed E-state index contributed by atoms with van der Waals surface area (Å²) in [4.78, 5) is 10.9. The molecule has 0 unspecified atom stereocenters. The standard InChI is InChI=1S/C18H18N4O2S/c1-18(23,10-24-3)15-7-11-4-5-14(20-17(11)25-15)12-6-13-9-22(2)21-16(13)19-8-12/h4-9,23H,10H2,1-3H3/t18-/m1/s1. The Bertz CT molecular complexity index is 1070. The number of thiophene rings is 1. The second-order valence-electron chi connectivity index (χ2n) is 6.35. The highest BCUT2D eigenvalue weighted by molar-refractivity contribution is 7.18. The maximum Gasteiger partial charge on any atom is 0.181 e. The van der Waals surface area contributed by atoms with Crippen LogP contribution in [0.5, 0.6) is 0 Å². The molecule has 4 rings (SSSR count). The number of hydrogen-bond donors (Lipinski definition) is 1. The van der Waals surface area contributed by atoms with Crippen LogP contribution in [0.1, 0.15) is 11.8 Å². The minimum atomic E-state index is -1.02. The molecule has 0 aliphatic rings. The first kappa shape index (κ1) is 16.1. The minimum Gasteiger partial charge on any atom is -0.382 e. The first-order valence-corrected chi connectivity index (χ1v) is 8.70. The molecule has 0 amide bonds. The molecule has 0 fully saturated rings. The van der Waals surface area contributed by atoms with Gasteiger partial charge in [0.2, 0.25) is 0 Å². The normalized spacial score (nSPS) is 14.2. The van der Waals surface area contributed by atoms with Gasteiger partial charge in [-0.1, -0.05) is 0 Å². The van der Waals surface area contributed by atoms with Crippen LogP contribution in [-0.4, -0.2) is 38.6 Å². The van der Waals surface area contributed by atoms with E-state index in [0.29, 0.717) is 0 Å². The van der Waals surface area contributed by atoms with Crippen molar-refractivity contribution in [3.05, 3.63) is 41.5 Å². The molecule has 0 aliphatic heterocycles. The number of aliphatic hydroxyl groups is 1. The van der Waals surface area contributed by atoms with Crippen molar-refractivity contribution in [2.75, 3.05) is 13.7 Å². The molecule has 0 saturated carbocycles.